The minimum Gasteiger partial charge on any atom is -0.456 e. The zero-order valence-electron chi connectivity index (χ0n) is 22.1. The molecule has 0 radical (unpaired) electrons. The van der Waals surface area contributed by atoms with Gasteiger partial charge in [0.25, 0.3) is 0 Å². The van der Waals surface area contributed by atoms with E-state index in [1.807, 2.05) is 53.4 Å². The van der Waals surface area contributed by atoms with Gasteiger partial charge in [-0.15, -0.1) is 0 Å². The first-order valence-electron chi connectivity index (χ1n) is 12.6. The predicted octanol–water partition coefficient (Wildman–Crippen LogP) is 6.17. The van der Waals surface area contributed by atoms with Gasteiger partial charge in [0.1, 0.15) is 13.2 Å². The number of hydrogen-bond donors (Lipinski definition) is 1. The SMILES string of the molecule is CC(=O)N1c2c(-c3ccc(C(=O)OCC[N+](C)(C)C)cc3)cccc2[C@H](Nc2ccc(Cl)cc2)C[C@@H]1C. The van der Waals surface area contributed by atoms with Crippen LogP contribution in [0.5, 0.6) is 0 Å². The lowest BCUT2D eigenvalue weighted by Crippen LogP contribution is -2.43. The molecule has 0 saturated carbocycles. The number of amides is 1. The molecule has 4 rings (SSSR count). The van der Waals surface area contributed by atoms with Gasteiger partial charge in [0, 0.05) is 29.2 Å². The van der Waals surface area contributed by atoms with Crippen LogP contribution in [0.4, 0.5) is 11.4 Å². The van der Waals surface area contributed by atoms with Gasteiger partial charge in [0.2, 0.25) is 5.91 Å². The first-order valence-corrected chi connectivity index (χ1v) is 12.9. The van der Waals surface area contributed by atoms with Crippen molar-refractivity contribution in [1.82, 2.24) is 0 Å². The summed E-state index contributed by atoms with van der Waals surface area (Å²) in [5.41, 5.74) is 5.33. The number of rotatable bonds is 7. The van der Waals surface area contributed by atoms with Crippen molar-refractivity contribution in [1.29, 1.82) is 0 Å². The maximum Gasteiger partial charge on any atom is 0.338 e. The third-order valence-electron chi connectivity index (χ3n) is 6.65. The highest BCUT2D eigenvalue weighted by molar-refractivity contribution is 6.30. The fraction of sp³-hybridized carbons (Fsp3) is 0.333. The number of carbonyl (C=O) groups is 2. The number of esters is 1. The van der Waals surface area contributed by atoms with Gasteiger partial charge in [-0.1, -0.05) is 41.9 Å². The molecule has 2 atom stereocenters. The zero-order valence-corrected chi connectivity index (χ0v) is 22.9. The lowest BCUT2D eigenvalue weighted by Gasteiger charge is -2.41. The van der Waals surface area contributed by atoms with E-state index in [-0.39, 0.29) is 24.0 Å². The van der Waals surface area contributed by atoms with Crippen molar-refractivity contribution in [2.75, 3.05) is 44.5 Å². The Bertz CT molecular complexity index is 1270. The second kappa shape index (κ2) is 11.0. The number of likely N-dealkylation sites (N-methyl/N-ethyl adjacent to an activating group) is 1. The van der Waals surface area contributed by atoms with Gasteiger partial charge in [0.15, 0.2) is 0 Å². The molecule has 0 saturated heterocycles. The molecule has 0 spiro atoms. The van der Waals surface area contributed by atoms with Crippen LogP contribution >= 0.6 is 11.6 Å². The van der Waals surface area contributed by atoms with E-state index < -0.39 is 0 Å². The molecule has 0 bridgehead atoms. The van der Waals surface area contributed by atoms with Crippen LogP contribution in [0.25, 0.3) is 11.1 Å². The van der Waals surface area contributed by atoms with E-state index in [1.165, 1.54) is 0 Å². The Labute approximate surface area is 224 Å². The summed E-state index contributed by atoms with van der Waals surface area (Å²) < 4.78 is 6.18. The van der Waals surface area contributed by atoms with E-state index in [0.717, 1.165) is 45.5 Å². The van der Waals surface area contributed by atoms with Crippen molar-refractivity contribution in [2.24, 2.45) is 0 Å². The Kier molecular flexibility index (Phi) is 7.90. The van der Waals surface area contributed by atoms with Gasteiger partial charge in [-0.2, -0.15) is 0 Å². The largest absolute Gasteiger partial charge is 0.456 e. The number of nitrogens with zero attached hydrogens (tertiary/aromatic N) is 2. The molecular weight excluding hydrogens is 486 g/mol. The molecule has 6 nitrogen and oxygen atoms in total. The van der Waals surface area contributed by atoms with Gasteiger partial charge in [-0.05, 0) is 60.9 Å². The van der Waals surface area contributed by atoms with Crippen molar-refractivity contribution in [3.8, 4) is 11.1 Å². The van der Waals surface area contributed by atoms with Crippen LogP contribution in [0.2, 0.25) is 5.02 Å². The molecule has 37 heavy (non-hydrogen) atoms. The summed E-state index contributed by atoms with van der Waals surface area (Å²) in [7, 11) is 6.18. The van der Waals surface area contributed by atoms with Crippen LogP contribution in [0.15, 0.2) is 66.7 Å². The molecule has 3 aromatic rings. The van der Waals surface area contributed by atoms with E-state index in [2.05, 4.69) is 39.4 Å². The molecular formula is C30H35ClN3O3+. The maximum atomic E-state index is 12.8. The average Bonchev–Trinajstić information content (AvgIpc) is 2.84. The number of para-hydroxylation sites is 1. The molecule has 1 N–H and O–H groups in total. The maximum absolute atomic E-state index is 12.8. The number of carbonyl (C=O) groups excluding carboxylic acids is 2. The van der Waals surface area contributed by atoms with Crippen LogP contribution in [0.3, 0.4) is 0 Å². The summed E-state index contributed by atoms with van der Waals surface area (Å²) in [6.07, 6.45) is 0.775. The fourth-order valence-electron chi connectivity index (χ4n) is 4.77. The summed E-state index contributed by atoms with van der Waals surface area (Å²) >= 11 is 6.07. The third kappa shape index (κ3) is 6.32. The molecule has 0 aromatic heterocycles. The quantitative estimate of drug-likeness (QED) is 0.299. The van der Waals surface area contributed by atoms with Gasteiger partial charge in [-0.25, -0.2) is 4.79 Å². The van der Waals surface area contributed by atoms with Gasteiger partial charge < -0.3 is 19.4 Å². The molecule has 7 heteroatoms. The Balaban J connectivity index is 1.65. The van der Waals surface area contributed by atoms with Crippen LogP contribution < -0.4 is 10.2 Å². The summed E-state index contributed by atoms with van der Waals surface area (Å²) in [5.74, 6) is -0.329. The van der Waals surface area contributed by atoms with E-state index >= 15 is 0 Å². The summed E-state index contributed by atoms with van der Waals surface area (Å²) in [6.45, 7) is 4.79. The van der Waals surface area contributed by atoms with Crippen LogP contribution in [-0.4, -0.2) is 56.7 Å². The zero-order chi connectivity index (χ0) is 26.7. The number of benzene rings is 3. The molecule has 1 amide bonds. The predicted molar refractivity (Wildman–Crippen MR) is 150 cm³/mol. The number of ether oxygens (including phenoxy) is 1. The van der Waals surface area contributed by atoms with Crippen LogP contribution in [0, 0.1) is 0 Å². The molecule has 3 aromatic carbocycles. The molecule has 0 fully saturated rings. The first-order chi connectivity index (χ1) is 17.5. The topological polar surface area (TPSA) is 58.6 Å². The van der Waals surface area contributed by atoms with E-state index in [9.17, 15) is 9.59 Å². The minimum atomic E-state index is -0.332. The third-order valence-corrected chi connectivity index (χ3v) is 6.90. The minimum absolute atomic E-state index is 0.00333. The lowest BCUT2D eigenvalue weighted by molar-refractivity contribution is -0.870. The Hall–Kier alpha value is -3.35. The molecule has 1 aliphatic heterocycles. The van der Waals surface area contributed by atoms with Crippen molar-refractivity contribution in [3.63, 3.8) is 0 Å². The Morgan fingerprint density at radius 2 is 1.70 bits per heavy atom. The van der Waals surface area contributed by atoms with Crippen LogP contribution in [-0.2, 0) is 9.53 Å². The monoisotopic (exact) mass is 520 g/mol. The molecule has 0 unspecified atom stereocenters. The van der Waals surface area contributed by atoms with Gasteiger partial charge >= 0.3 is 5.97 Å². The molecule has 1 aliphatic rings. The standard InChI is InChI=1S/C30H35ClN3O3/c1-20-19-28(32-25-15-13-24(31)14-16-25)27-8-6-7-26(29(27)33(20)21(2)35)22-9-11-23(12-10-22)30(36)37-18-17-34(3,4)5/h6-16,20,28,32H,17-19H2,1-5H3/q+1/t20-,28+/m0/s1. The molecule has 0 aliphatic carbocycles. The second-order valence-electron chi connectivity index (χ2n) is 10.6. The normalized spacial score (nSPS) is 17.2. The highest BCUT2D eigenvalue weighted by atomic mass is 35.5. The lowest BCUT2D eigenvalue weighted by atomic mass is 9.87. The Morgan fingerprint density at radius 3 is 2.32 bits per heavy atom. The summed E-state index contributed by atoms with van der Waals surface area (Å²) in [5, 5.41) is 4.32. The highest BCUT2D eigenvalue weighted by Gasteiger charge is 2.34. The number of nitrogens with one attached hydrogen (secondary N) is 1. The van der Waals surface area contributed by atoms with E-state index in [1.54, 1.807) is 19.1 Å². The first kappa shape index (κ1) is 26.7. The number of fused-ring (bicyclic) bond motifs is 1. The van der Waals surface area contributed by atoms with Gasteiger partial charge in [-0.3, -0.25) is 4.79 Å². The Morgan fingerprint density at radius 1 is 1.03 bits per heavy atom. The van der Waals surface area contributed by atoms with Crippen LogP contribution in [0.1, 0.15) is 42.2 Å². The number of quaternary nitrogens is 1. The highest BCUT2D eigenvalue weighted by Crippen LogP contribution is 2.44. The molecule has 194 valence electrons. The second-order valence-corrected chi connectivity index (χ2v) is 11.1. The number of anilines is 2. The number of halogens is 1. The van der Waals surface area contributed by atoms with Crippen molar-refractivity contribution in [2.45, 2.75) is 32.4 Å². The molecule has 1 heterocycles. The summed E-state index contributed by atoms with van der Waals surface area (Å²) in [6, 6.07) is 21.2. The number of hydrogen-bond acceptors (Lipinski definition) is 4. The fourth-order valence-corrected chi connectivity index (χ4v) is 4.90. The summed E-state index contributed by atoms with van der Waals surface area (Å²) in [4.78, 5) is 27.2. The average molecular weight is 521 g/mol. The van der Waals surface area contributed by atoms with Crippen molar-refractivity contribution >= 4 is 34.9 Å². The van der Waals surface area contributed by atoms with Gasteiger partial charge in [0.05, 0.1) is 38.4 Å². The van der Waals surface area contributed by atoms with Crippen molar-refractivity contribution in [3.05, 3.63) is 82.9 Å². The van der Waals surface area contributed by atoms with E-state index in [4.69, 9.17) is 16.3 Å². The van der Waals surface area contributed by atoms with Crippen molar-refractivity contribution < 1.29 is 18.8 Å². The van der Waals surface area contributed by atoms with E-state index in [0.29, 0.717) is 17.2 Å². The smallest absolute Gasteiger partial charge is 0.338 e.